The second-order valence-corrected chi connectivity index (χ2v) is 3.12. The molecule has 0 aliphatic rings. The van der Waals surface area contributed by atoms with Crippen LogP contribution in [0.1, 0.15) is 36.8 Å². The lowest BCUT2D eigenvalue weighted by Gasteiger charge is -2.07. The van der Waals surface area contributed by atoms with Crippen molar-refractivity contribution >= 4 is 5.78 Å². The van der Waals surface area contributed by atoms with Crippen LogP contribution in [0.25, 0.3) is 0 Å². The molecule has 0 atom stereocenters. The average Bonchev–Trinajstić information content (AvgIpc) is 2.52. The number of hydrogen-bond donors (Lipinski definition) is 1. The van der Waals surface area contributed by atoms with Gasteiger partial charge in [-0.2, -0.15) is 0 Å². The molecule has 5 nitrogen and oxygen atoms in total. The van der Waals surface area contributed by atoms with Gasteiger partial charge in [-0.25, -0.2) is 4.68 Å². The van der Waals surface area contributed by atoms with E-state index in [1.165, 1.54) is 6.20 Å². The van der Waals surface area contributed by atoms with E-state index in [1.807, 2.05) is 13.8 Å². The first-order valence-electron chi connectivity index (χ1n) is 4.30. The molecule has 0 aromatic carbocycles. The van der Waals surface area contributed by atoms with E-state index in [2.05, 4.69) is 10.3 Å². The summed E-state index contributed by atoms with van der Waals surface area (Å²) >= 11 is 0. The summed E-state index contributed by atoms with van der Waals surface area (Å²) in [6, 6.07) is 0.152. The van der Waals surface area contributed by atoms with Crippen molar-refractivity contribution in [3.8, 4) is 0 Å². The lowest BCUT2D eigenvalue weighted by atomic mass is 10.2. The monoisotopic (exact) mass is 182 g/mol. The molecule has 0 saturated carbocycles. The molecule has 1 heterocycles. The van der Waals surface area contributed by atoms with Gasteiger partial charge in [0.2, 0.25) is 0 Å². The fraction of sp³-hybridized carbons (Fsp3) is 0.625. The van der Waals surface area contributed by atoms with Crippen molar-refractivity contribution in [3.05, 3.63) is 11.9 Å². The number of hydrogen-bond acceptors (Lipinski definition) is 4. The first-order chi connectivity index (χ1) is 6.16. The topological polar surface area (TPSA) is 73.8 Å². The molecule has 1 aromatic rings. The smallest absolute Gasteiger partial charge is 0.183 e. The van der Waals surface area contributed by atoms with Crippen molar-refractivity contribution in [2.75, 3.05) is 6.54 Å². The van der Waals surface area contributed by atoms with Crippen LogP contribution in [0.4, 0.5) is 0 Å². The van der Waals surface area contributed by atoms with Gasteiger partial charge in [-0.15, -0.1) is 5.10 Å². The molecule has 13 heavy (non-hydrogen) atoms. The number of nitrogens with two attached hydrogens (primary N) is 1. The van der Waals surface area contributed by atoms with Crippen LogP contribution >= 0.6 is 0 Å². The molecule has 0 aliphatic heterocycles. The first-order valence-corrected chi connectivity index (χ1v) is 4.30. The zero-order valence-corrected chi connectivity index (χ0v) is 7.90. The maximum absolute atomic E-state index is 11.5. The van der Waals surface area contributed by atoms with Gasteiger partial charge in [-0.05, 0) is 20.4 Å². The van der Waals surface area contributed by atoms with Crippen LogP contribution in [0, 0.1) is 0 Å². The Balaban J connectivity index is 2.87. The fourth-order valence-electron chi connectivity index (χ4n) is 1.08. The Morgan fingerprint density at radius 2 is 2.38 bits per heavy atom. The Bertz CT molecular complexity index is 292. The number of ketones is 1. The third-order valence-corrected chi connectivity index (χ3v) is 1.72. The average molecular weight is 182 g/mol. The maximum atomic E-state index is 11.5. The summed E-state index contributed by atoms with van der Waals surface area (Å²) in [7, 11) is 0. The first kappa shape index (κ1) is 9.85. The van der Waals surface area contributed by atoms with Gasteiger partial charge in [-0.1, -0.05) is 5.21 Å². The van der Waals surface area contributed by atoms with Gasteiger partial charge in [0.25, 0.3) is 0 Å². The molecular weight excluding hydrogens is 168 g/mol. The van der Waals surface area contributed by atoms with E-state index in [-0.39, 0.29) is 11.8 Å². The van der Waals surface area contributed by atoms with Crippen LogP contribution in [0.15, 0.2) is 6.20 Å². The molecule has 0 amide bonds. The van der Waals surface area contributed by atoms with E-state index in [4.69, 9.17) is 5.73 Å². The van der Waals surface area contributed by atoms with Crippen molar-refractivity contribution in [2.45, 2.75) is 26.3 Å². The molecule has 0 aliphatic carbocycles. The van der Waals surface area contributed by atoms with Crippen LogP contribution < -0.4 is 5.73 Å². The summed E-state index contributed by atoms with van der Waals surface area (Å²) < 4.78 is 1.61. The predicted molar refractivity (Wildman–Crippen MR) is 48.4 cm³/mol. The molecule has 1 aromatic heterocycles. The van der Waals surface area contributed by atoms with Gasteiger partial charge in [0, 0.05) is 12.5 Å². The zero-order chi connectivity index (χ0) is 9.84. The standard InChI is InChI=1S/C8H14N4O/c1-6(2)12-7(5-10-11-12)8(13)3-4-9/h5-6H,3-4,9H2,1-2H3. The summed E-state index contributed by atoms with van der Waals surface area (Å²) in [5.74, 6) is 0.00111. The highest BCUT2D eigenvalue weighted by Gasteiger charge is 2.13. The van der Waals surface area contributed by atoms with Crippen LogP contribution in [0.3, 0.4) is 0 Å². The Morgan fingerprint density at radius 3 is 2.92 bits per heavy atom. The number of carbonyl (C=O) groups excluding carboxylic acids is 1. The van der Waals surface area contributed by atoms with Crippen LogP contribution in [-0.2, 0) is 0 Å². The van der Waals surface area contributed by atoms with Gasteiger partial charge in [0.05, 0.1) is 6.20 Å². The minimum Gasteiger partial charge on any atom is -0.330 e. The van der Waals surface area contributed by atoms with Crippen LogP contribution in [-0.4, -0.2) is 27.3 Å². The van der Waals surface area contributed by atoms with Gasteiger partial charge < -0.3 is 5.73 Å². The molecular formula is C8H14N4O. The third kappa shape index (κ3) is 2.12. The minimum absolute atomic E-state index is 0.00111. The molecule has 0 bridgehead atoms. The Labute approximate surface area is 76.9 Å². The normalized spacial score (nSPS) is 10.8. The SMILES string of the molecule is CC(C)n1nncc1C(=O)CCN. The van der Waals surface area contributed by atoms with E-state index in [0.717, 1.165) is 0 Å². The molecule has 1 rings (SSSR count). The molecule has 0 spiro atoms. The zero-order valence-electron chi connectivity index (χ0n) is 7.90. The van der Waals surface area contributed by atoms with Gasteiger partial charge >= 0.3 is 0 Å². The number of nitrogens with zero attached hydrogens (tertiary/aromatic N) is 3. The quantitative estimate of drug-likeness (QED) is 0.683. The molecule has 72 valence electrons. The van der Waals surface area contributed by atoms with E-state index in [0.29, 0.717) is 18.7 Å². The Morgan fingerprint density at radius 1 is 1.69 bits per heavy atom. The third-order valence-electron chi connectivity index (χ3n) is 1.72. The van der Waals surface area contributed by atoms with Crippen molar-refractivity contribution < 1.29 is 4.79 Å². The molecule has 0 unspecified atom stereocenters. The molecule has 5 heteroatoms. The highest BCUT2D eigenvalue weighted by molar-refractivity contribution is 5.94. The second-order valence-electron chi connectivity index (χ2n) is 3.12. The molecule has 0 fully saturated rings. The molecule has 0 radical (unpaired) electrons. The lowest BCUT2D eigenvalue weighted by Crippen LogP contribution is -2.15. The fourth-order valence-corrected chi connectivity index (χ4v) is 1.08. The van der Waals surface area contributed by atoms with Crippen LogP contribution in [0.2, 0.25) is 0 Å². The predicted octanol–water partition coefficient (Wildman–Crippen LogP) is 0.390. The van der Waals surface area contributed by atoms with Crippen molar-refractivity contribution in [2.24, 2.45) is 5.73 Å². The van der Waals surface area contributed by atoms with Crippen molar-refractivity contribution in [1.29, 1.82) is 0 Å². The Kier molecular flexibility index (Phi) is 3.13. The van der Waals surface area contributed by atoms with E-state index >= 15 is 0 Å². The van der Waals surface area contributed by atoms with Crippen LogP contribution in [0.5, 0.6) is 0 Å². The van der Waals surface area contributed by atoms with Crippen molar-refractivity contribution in [1.82, 2.24) is 15.0 Å². The van der Waals surface area contributed by atoms with Gasteiger partial charge in [-0.3, -0.25) is 4.79 Å². The van der Waals surface area contributed by atoms with E-state index in [1.54, 1.807) is 4.68 Å². The minimum atomic E-state index is 0.00111. The summed E-state index contributed by atoms with van der Waals surface area (Å²) in [5.41, 5.74) is 5.83. The number of carbonyl (C=O) groups is 1. The molecule has 2 N–H and O–H groups in total. The number of Topliss-reactive ketones (excluding diaryl/α,β-unsaturated/α-hetero) is 1. The lowest BCUT2D eigenvalue weighted by molar-refractivity contribution is 0.0973. The number of aromatic nitrogens is 3. The molecule has 0 saturated heterocycles. The van der Waals surface area contributed by atoms with Crippen molar-refractivity contribution in [3.63, 3.8) is 0 Å². The largest absolute Gasteiger partial charge is 0.330 e. The van der Waals surface area contributed by atoms with E-state index in [9.17, 15) is 4.79 Å². The maximum Gasteiger partial charge on any atom is 0.183 e. The number of rotatable bonds is 4. The Hall–Kier alpha value is -1.23. The highest BCUT2D eigenvalue weighted by atomic mass is 16.1. The van der Waals surface area contributed by atoms with E-state index < -0.39 is 0 Å². The van der Waals surface area contributed by atoms with Gasteiger partial charge in [0.15, 0.2) is 5.78 Å². The summed E-state index contributed by atoms with van der Waals surface area (Å²) in [4.78, 5) is 11.5. The summed E-state index contributed by atoms with van der Waals surface area (Å²) in [6.45, 7) is 4.27. The summed E-state index contributed by atoms with van der Waals surface area (Å²) in [6.07, 6.45) is 1.83. The van der Waals surface area contributed by atoms with Gasteiger partial charge in [0.1, 0.15) is 5.69 Å². The second kappa shape index (κ2) is 4.13. The highest BCUT2D eigenvalue weighted by Crippen LogP contribution is 2.07. The summed E-state index contributed by atoms with van der Waals surface area (Å²) in [5, 5.41) is 7.52.